The molecule has 6 heteroatoms. The van der Waals surface area contributed by atoms with E-state index in [9.17, 15) is 9.90 Å². The van der Waals surface area contributed by atoms with Crippen LogP contribution in [-0.4, -0.2) is 43.8 Å². The summed E-state index contributed by atoms with van der Waals surface area (Å²) in [7, 11) is 1.54. The zero-order valence-electron chi connectivity index (χ0n) is 16.7. The summed E-state index contributed by atoms with van der Waals surface area (Å²) in [5, 5.41) is 10.1. The number of carbonyl (C=O) groups is 1. The van der Waals surface area contributed by atoms with Gasteiger partial charge < -0.3 is 19.5 Å². The second-order valence-corrected chi connectivity index (χ2v) is 7.34. The van der Waals surface area contributed by atoms with E-state index in [-0.39, 0.29) is 11.9 Å². The summed E-state index contributed by atoms with van der Waals surface area (Å²) in [6.07, 6.45) is 4.60. The average Bonchev–Trinajstić information content (AvgIpc) is 2.73. The standard InChI is InChI=1S/C23H26ClNO4/c1-3-29-22-15-16(14-20(24)23(22)28-2)4-9-21(27)17-5-7-18(8-6-17)25-12-10-19(26)11-13-25/h4-9,14-15,19,26H,3,10-13H2,1-2H3. The highest BCUT2D eigenvalue weighted by atomic mass is 35.5. The molecule has 2 aromatic rings. The van der Waals surface area contributed by atoms with Crippen molar-refractivity contribution < 1.29 is 19.4 Å². The summed E-state index contributed by atoms with van der Waals surface area (Å²) in [4.78, 5) is 14.8. The molecule has 0 saturated carbocycles. The Morgan fingerprint density at radius 1 is 1.24 bits per heavy atom. The second-order valence-electron chi connectivity index (χ2n) is 6.93. The van der Waals surface area contributed by atoms with Crippen LogP contribution in [0.5, 0.6) is 11.5 Å². The van der Waals surface area contributed by atoms with Crippen LogP contribution in [-0.2, 0) is 0 Å². The van der Waals surface area contributed by atoms with Gasteiger partial charge in [-0.05, 0) is 67.8 Å². The fourth-order valence-electron chi connectivity index (χ4n) is 3.37. The molecule has 0 aromatic heterocycles. The molecular weight excluding hydrogens is 390 g/mol. The summed E-state index contributed by atoms with van der Waals surface area (Å²) in [6, 6.07) is 11.1. The Hall–Kier alpha value is -2.50. The Kier molecular flexibility index (Phi) is 7.18. The van der Waals surface area contributed by atoms with Gasteiger partial charge in [0.1, 0.15) is 0 Å². The van der Waals surface area contributed by atoms with Crippen LogP contribution in [0.25, 0.3) is 6.08 Å². The van der Waals surface area contributed by atoms with Crippen molar-refractivity contribution in [1.29, 1.82) is 0 Å². The number of hydrogen-bond donors (Lipinski definition) is 1. The number of halogens is 1. The van der Waals surface area contributed by atoms with E-state index >= 15 is 0 Å². The number of aliphatic hydroxyl groups excluding tert-OH is 1. The lowest BCUT2D eigenvalue weighted by Gasteiger charge is -2.31. The number of carbonyl (C=O) groups excluding carboxylic acids is 1. The zero-order valence-corrected chi connectivity index (χ0v) is 17.5. The molecule has 1 aliphatic heterocycles. The minimum Gasteiger partial charge on any atom is -0.491 e. The van der Waals surface area contributed by atoms with Crippen molar-refractivity contribution in [3.8, 4) is 11.5 Å². The summed E-state index contributed by atoms with van der Waals surface area (Å²) >= 11 is 6.26. The maximum Gasteiger partial charge on any atom is 0.185 e. The van der Waals surface area contributed by atoms with Gasteiger partial charge in [-0.3, -0.25) is 4.79 Å². The number of nitrogens with zero attached hydrogens (tertiary/aromatic N) is 1. The van der Waals surface area contributed by atoms with Gasteiger partial charge in [-0.1, -0.05) is 17.7 Å². The first-order valence-electron chi connectivity index (χ1n) is 9.77. The molecular formula is C23H26ClNO4. The lowest BCUT2D eigenvalue weighted by Crippen LogP contribution is -2.35. The molecule has 0 aliphatic carbocycles. The third-order valence-corrected chi connectivity index (χ3v) is 5.23. The van der Waals surface area contributed by atoms with Gasteiger partial charge in [-0.15, -0.1) is 0 Å². The van der Waals surface area contributed by atoms with Crippen molar-refractivity contribution >= 4 is 29.1 Å². The zero-order chi connectivity index (χ0) is 20.8. The molecule has 3 rings (SSSR count). The lowest BCUT2D eigenvalue weighted by molar-refractivity contribution is 0.104. The number of anilines is 1. The Morgan fingerprint density at radius 2 is 1.93 bits per heavy atom. The Bertz CT molecular complexity index is 871. The topological polar surface area (TPSA) is 59.0 Å². The van der Waals surface area contributed by atoms with Crippen LogP contribution >= 0.6 is 11.6 Å². The van der Waals surface area contributed by atoms with Crippen LogP contribution in [0.2, 0.25) is 5.02 Å². The largest absolute Gasteiger partial charge is 0.491 e. The van der Waals surface area contributed by atoms with E-state index in [0.717, 1.165) is 37.2 Å². The minimum atomic E-state index is -0.202. The molecule has 1 fully saturated rings. The number of benzene rings is 2. The molecule has 1 saturated heterocycles. The Labute approximate surface area is 176 Å². The third-order valence-electron chi connectivity index (χ3n) is 4.94. The first-order valence-corrected chi connectivity index (χ1v) is 10.2. The van der Waals surface area contributed by atoms with Crippen molar-refractivity contribution in [1.82, 2.24) is 0 Å². The molecule has 0 spiro atoms. The normalized spacial score (nSPS) is 15.0. The van der Waals surface area contributed by atoms with Crippen molar-refractivity contribution in [2.75, 3.05) is 31.7 Å². The van der Waals surface area contributed by atoms with Crippen molar-refractivity contribution in [3.63, 3.8) is 0 Å². The summed E-state index contributed by atoms with van der Waals surface area (Å²) in [5.74, 6) is 0.943. The summed E-state index contributed by atoms with van der Waals surface area (Å²) in [6.45, 7) is 4.03. The maximum atomic E-state index is 12.5. The van der Waals surface area contributed by atoms with E-state index in [0.29, 0.717) is 28.7 Å². The maximum absolute atomic E-state index is 12.5. The molecule has 1 aliphatic rings. The SMILES string of the molecule is CCOc1cc(C=CC(=O)c2ccc(N3CCC(O)CC3)cc2)cc(Cl)c1OC. The molecule has 0 amide bonds. The Morgan fingerprint density at radius 3 is 2.55 bits per heavy atom. The molecule has 0 bridgehead atoms. The molecule has 0 radical (unpaired) electrons. The highest BCUT2D eigenvalue weighted by molar-refractivity contribution is 6.32. The number of methoxy groups -OCH3 is 1. The van der Waals surface area contributed by atoms with Gasteiger partial charge in [0.25, 0.3) is 0 Å². The number of hydrogen-bond acceptors (Lipinski definition) is 5. The number of piperidine rings is 1. The molecule has 1 N–H and O–H groups in total. The smallest absolute Gasteiger partial charge is 0.185 e. The minimum absolute atomic E-state index is 0.0875. The number of aliphatic hydroxyl groups is 1. The van der Waals surface area contributed by atoms with Crippen molar-refractivity contribution in [2.45, 2.75) is 25.9 Å². The fourth-order valence-corrected chi connectivity index (χ4v) is 3.67. The van der Waals surface area contributed by atoms with E-state index in [1.165, 1.54) is 6.08 Å². The number of rotatable bonds is 7. The van der Waals surface area contributed by atoms with Gasteiger partial charge >= 0.3 is 0 Å². The van der Waals surface area contributed by atoms with E-state index in [4.69, 9.17) is 21.1 Å². The Balaban J connectivity index is 1.70. The monoisotopic (exact) mass is 415 g/mol. The highest BCUT2D eigenvalue weighted by Gasteiger charge is 2.17. The van der Waals surface area contributed by atoms with Gasteiger partial charge in [-0.25, -0.2) is 0 Å². The van der Waals surface area contributed by atoms with E-state index in [1.807, 2.05) is 31.2 Å². The lowest BCUT2D eigenvalue weighted by atomic mass is 10.1. The fraction of sp³-hybridized carbons (Fsp3) is 0.348. The van der Waals surface area contributed by atoms with E-state index < -0.39 is 0 Å². The molecule has 0 atom stereocenters. The summed E-state index contributed by atoms with van der Waals surface area (Å²) in [5.41, 5.74) is 2.45. The first-order chi connectivity index (χ1) is 14.0. The number of allylic oxidation sites excluding steroid dienone is 1. The average molecular weight is 416 g/mol. The molecule has 29 heavy (non-hydrogen) atoms. The van der Waals surface area contributed by atoms with Gasteiger partial charge in [0, 0.05) is 24.3 Å². The summed E-state index contributed by atoms with van der Waals surface area (Å²) < 4.78 is 10.8. The number of ether oxygens (including phenoxy) is 2. The van der Waals surface area contributed by atoms with E-state index in [1.54, 1.807) is 25.3 Å². The van der Waals surface area contributed by atoms with Gasteiger partial charge in [0.15, 0.2) is 17.3 Å². The van der Waals surface area contributed by atoms with Gasteiger partial charge in [0.05, 0.1) is 24.8 Å². The van der Waals surface area contributed by atoms with Crippen LogP contribution in [0.15, 0.2) is 42.5 Å². The predicted octanol–water partition coefficient (Wildman–Crippen LogP) is 4.60. The molecule has 5 nitrogen and oxygen atoms in total. The highest BCUT2D eigenvalue weighted by Crippen LogP contribution is 2.36. The molecule has 0 unspecified atom stereocenters. The van der Waals surface area contributed by atoms with Crippen LogP contribution in [0.1, 0.15) is 35.7 Å². The molecule has 154 valence electrons. The van der Waals surface area contributed by atoms with Crippen molar-refractivity contribution in [3.05, 3.63) is 58.6 Å². The second kappa shape index (κ2) is 9.81. The van der Waals surface area contributed by atoms with Crippen LogP contribution in [0.4, 0.5) is 5.69 Å². The van der Waals surface area contributed by atoms with Crippen LogP contribution < -0.4 is 14.4 Å². The number of ketones is 1. The first kappa shape index (κ1) is 21.2. The van der Waals surface area contributed by atoms with E-state index in [2.05, 4.69) is 4.90 Å². The third kappa shape index (κ3) is 5.31. The van der Waals surface area contributed by atoms with Crippen molar-refractivity contribution in [2.24, 2.45) is 0 Å². The van der Waals surface area contributed by atoms with Gasteiger partial charge in [-0.2, -0.15) is 0 Å². The quantitative estimate of drug-likeness (QED) is 0.528. The van der Waals surface area contributed by atoms with Gasteiger partial charge in [0.2, 0.25) is 0 Å². The molecule has 2 aromatic carbocycles. The molecule has 1 heterocycles. The van der Waals surface area contributed by atoms with Crippen LogP contribution in [0.3, 0.4) is 0 Å². The van der Waals surface area contributed by atoms with Crippen LogP contribution in [0, 0.1) is 0 Å². The predicted molar refractivity (Wildman–Crippen MR) is 116 cm³/mol.